The second kappa shape index (κ2) is 15.5. The summed E-state index contributed by atoms with van der Waals surface area (Å²) in [7, 11) is 1.89. The Morgan fingerprint density at radius 2 is 1.47 bits per heavy atom. The minimum Gasteiger partial charge on any atom is -0.493 e. The fourth-order valence-corrected chi connectivity index (χ4v) is 4.85. The first-order chi connectivity index (χ1) is 20.7. The largest absolute Gasteiger partial charge is 0.493 e. The molecule has 1 aromatic heterocycles. The van der Waals surface area contributed by atoms with Gasteiger partial charge in [0.15, 0.2) is 5.69 Å². The first-order valence-corrected chi connectivity index (χ1v) is 14.1. The number of nitrogens with zero attached hydrogens (tertiary/aromatic N) is 4. The van der Waals surface area contributed by atoms with Crippen LogP contribution in [0.25, 0.3) is 0 Å². The highest BCUT2D eigenvalue weighted by Gasteiger charge is 2.42. The van der Waals surface area contributed by atoms with Gasteiger partial charge in [-0.2, -0.15) is 31.4 Å². The lowest BCUT2D eigenvalue weighted by molar-refractivity contribution is -0.193. The van der Waals surface area contributed by atoms with Crippen LogP contribution in [0, 0.1) is 18.3 Å². The Kier molecular flexibility index (Phi) is 12.8. The van der Waals surface area contributed by atoms with Gasteiger partial charge in [0, 0.05) is 44.5 Å². The number of alkyl halides is 6. The number of amides is 1. The van der Waals surface area contributed by atoms with E-state index in [1.165, 1.54) is 12.0 Å². The summed E-state index contributed by atoms with van der Waals surface area (Å²) in [5.74, 6) is -3.90. The SMILES string of the molecule is Cc1cc(C(=O)N2CCC3(CCN(Cc4ccccc4OCC(C)C)C3)CC2)nn1C.O=C(O)C(F)(F)F.O=C(O)C(F)(F)F. The van der Waals surface area contributed by atoms with Crippen LogP contribution in [-0.4, -0.2) is 92.8 Å². The van der Waals surface area contributed by atoms with Gasteiger partial charge in [-0.1, -0.05) is 32.0 Å². The highest BCUT2D eigenvalue weighted by Crippen LogP contribution is 2.41. The van der Waals surface area contributed by atoms with Crippen molar-refractivity contribution >= 4 is 17.8 Å². The number of hydrogen-bond acceptors (Lipinski definition) is 6. The number of ether oxygens (including phenoxy) is 1. The van der Waals surface area contributed by atoms with Gasteiger partial charge in [0.1, 0.15) is 5.75 Å². The third kappa shape index (κ3) is 11.6. The lowest BCUT2D eigenvalue weighted by atomic mass is 9.77. The summed E-state index contributed by atoms with van der Waals surface area (Å²) in [5.41, 5.74) is 3.20. The van der Waals surface area contributed by atoms with Gasteiger partial charge in [-0.3, -0.25) is 14.4 Å². The van der Waals surface area contributed by atoms with Gasteiger partial charge >= 0.3 is 24.3 Å². The number of carboxylic acids is 2. The molecule has 0 unspecified atom stereocenters. The molecule has 0 aliphatic carbocycles. The van der Waals surface area contributed by atoms with Crippen LogP contribution in [0.5, 0.6) is 5.75 Å². The molecule has 16 heteroatoms. The van der Waals surface area contributed by atoms with Crippen LogP contribution in [0.2, 0.25) is 0 Å². The molecular formula is C29H38F6N4O6. The molecule has 2 aliphatic rings. The predicted molar refractivity (Wildman–Crippen MR) is 150 cm³/mol. The number of halogens is 6. The number of para-hydroxylation sites is 1. The van der Waals surface area contributed by atoms with Gasteiger partial charge in [-0.05, 0) is 56.2 Å². The van der Waals surface area contributed by atoms with Crippen molar-refractivity contribution in [2.45, 2.75) is 58.9 Å². The Morgan fingerprint density at radius 1 is 0.956 bits per heavy atom. The molecule has 0 radical (unpaired) electrons. The molecule has 10 nitrogen and oxygen atoms in total. The fraction of sp³-hybridized carbons (Fsp3) is 0.586. The van der Waals surface area contributed by atoms with Crippen LogP contribution in [-0.2, 0) is 23.2 Å². The number of aromatic nitrogens is 2. The van der Waals surface area contributed by atoms with E-state index in [1.54, 1.807) is 4.68 Å². The van der Waals surface area contributed by atoms with E-state index in [-0.39, 0.29) is 5.91 Å². The van der Waals surface area contributed by atoms with Crippen LogP contribution in [0.4, 0.5) is 26.3 Å². The summed E-state index contributed by atoms with van der Waals surface area (Å²) in [6.07, 6.45) is -6.80. The highest BCUT2D eigenvalue weighted by molar-refractivity contribution is 5.92. The highest BCUT2D eigenvalue weighted by atomic mass is 19.4. The quantitative estimate of drug-likeness (QED) is 0.411. The molecule has 1 amide bonds. The number of carboxylic acid groups (broad SMARTS) is 2. The average Bonchev–Trinajstić information content (AvgIpc) is 3.49. The van der Waals surface area contributed by atoms with Crippen molar-refractivity contribution in [2.75, 3.05) is 32.8 Å². The summed E-state index contributed by atoms with van der Waals surface area (Å²) >= 11 is 0. The van der Waals surface area contributed by atoms with E-state index < -0.39 is 24.3 Å². The molecule has 2 aliphatic heterocycles. The van der Waals surface area contributed by atoms with Gasteiger partial charge in [0.2, 0.25) is 0 Å². The van der Waals surface area contributed by atoms with E-state index in [1.807, 2.05) is 24.9 Å². The number of hydrogen-bond donors (Lipinski definition) is 2. The van der Waals surface area contributed by atoms with Crippen molar-refractivity contribution in [3.63, 3.8) is 0 Å². The first kappa shape index (κ1) is 37.4. The minimum absolute atomic E-state index is 0.0737. The Morgan fingerprint density at radius 3 is 1.93 bits per heavy atom. The number of rotatable bonds is 6. The molecule has 0 bridgehead atoms. The van der Waals surface area contributed by atoms with Crippen molar-refractivity contribution in [3.8, 4) is 5.75 Å². The van der Waals surface area contributed by atoms with E-state index >= 15 is 0 Å². The number of likely N-dealkylation sites (tertiary alicyclic amines) is 2. The Hall–Kier alpha value is -3.82. The average molecular weight is 653 g/mol. The van der Waals surface area contributed by atoms with E-state index in [2.05, 4.69) is 48.1 Å². The second-order valence-electron chi connectivity index (χ2n) is 11.5. The Labute approximate surface area is 256 Å². The van der Waals surface area contributed by atoms with Crippen LogP contribution in [0.3, 0.4) is 0 Å². The second-order valence-corrected chi connectivity index (χ2v) is 11.5. The normalized spacial score (nSPS) is 16.5. The van der Waals surface area contributed by atoms with E-state index in [0.717, 1.165) is 63.6 Å². The summed E-state index contributed by atoms with van der Waals surface area (Å²) in [6, 6.07) is 10.3. The lowest BCUT2D eigenvalue weighted by Gasteiger charge is -2.39. The number of carbonyl (C=O) groups excluding carboxylic acids is 1. The smallest absolute Gasteiger partial charge is 0.490 e. The third-order valence-corrected chi connectivity index (χ3v) is 7.39. The van der Waals surface area contributed by atoms with E-state index in [9.17, 15) is 31.1 Å². The van der Waals surface area contributed by atoms with Crippen LogP contribution >= 0.6 is 0 Å². The van der Waals surface area contributed by atoms with Crippen LogP contribution in [0.1, 0.15) is 54.9 Å². The number of aliphatic carboxylic acids is 2. The number of benzene rings is 1. The Bertz CT molecular complexity index is 1260. The molecule has 4 rings (SSSR count). The van der Waals surface area contributed by atoms with Gasteiger partial charge in [0.05, 0.1) is 6.61 Å². The van der Waals surface area contributed by atoms with Crippen LogP contribution < -0.4 is 4.74 Å². The molecule has 2 saturated heterocycles. The molecule has 0 saturated carbocycles. The Balaban J connectivity index is 0.000000421. The summed E-state index contributed by atoms with van der Waals surface area (Å²) < 4.78 is 71.3. The molecule has 2 aromatic rings. The molecule has 1 aromatic carbocycles. The minimum atomic E-state index is -5.08. The monoisotopic (exact) mass is 652 g/mol. The standard InChI is InChI=1S/C25H36N4O2.2C2HF3O2/c1-19(2)17-31-23-8-6-5-7-21(23)16-28-12-9-25(18-28)10-13-29(14-11-25)24(30)22-15-20(3)27(4)26-22;2*3-2(4,5)1(6)7/h5-8,15,19H,9-14,16-18H2,1-4H3;2*(H,6,7). The van der Waals surface area contributed by atoms with Crippen molar-refractivity contribution in [1.29, 1.82) is 0 Å². The number of carbonyl (C=O) groups is 3. The zero-order valence-corrected chi connectivity index (χ0v) is 25.4. The maximum atomic E-state index is 12.8. The summed E-state index contributed by atoms with van der Waals surface area (Å²) in [5, 5.41) is 18.6. The molecule has 252 valence electrons. The van der Waals surface area contributed by atoms with E-state index in [0.29, 0.717) is 17.0 Å². The topological polar surface area (TPSA) is 125 Å². The lowest BCUT2D eigenvalue weighted by Crippen LogP contribution is -2.44. The third-order valence-electron chi connectivity index (χ3n) is 7.39. The van der Waals surface area contributed by atoms with Crippen molar-refractivity contribution in [3.05, 3.63) is 47.3 Å². The van der Waals surface area contributed by atoms with Gasteiger partial charge < -0.3 is 19.8 Å². The van der Waals surface area contributed by atoms with Crippen molar-refractivity contribution < 1.29 is 55.7 Å². The molecule has 1 spiro atoms. The van der Waals surface area contributed by atoms with Crippen molar-refractivity contribution in [1.82, 2.24) is 19.6 Å². The summed E-state index contributed by atoms with van der Waals surface area (Å²) in [4.78, 5) is 35.2. The zero-order chi connectivity index (χ0) is 34.2. The molecule has 2 N–H and O–H groups in total. The van der Waals surface area contributed by atoms with Crippen molar-refractivity contribution in [2.24, 2.45) is 18.4 Å². The van der Waals surface area contributed by atoms with Crippen LogP contribution in [0.15, 0.2) is 30.3 Å². The zero-order valence-electron chi connectivity index (χ0n) is 25.4. The first-order valence-electron chi connectivity index (χ1n) is 14.1. The molecular weight excluding hydrogens is 614 g/mol. The van der Waals surface area contributed by atoms with Gasteiger partial charge in [-0.15, -0.1) is 0 Å². The molecule has 0 atom stereocenters. The molecule has 3 heterocycles. The summed E-state index contributed by atoms with van der Waals surface area (Å²) in [6.45, 7) is 11.9. The fourth-order valence-electron chi connectivity index (χ4n) is 4.85. The van der Waals surface area contributed by atoms with Gasteiger partial charge in [0.25, 0.3) is 5.91 Å². The molecule has 45 heavy (non-hydrogen) atoms. The van der Waals surface area contributed by atoms with E-state index in [4.69, 9.17) is 24.5 Å². The maximum Gasteiger partial charge on any atom is 0.490 e. The predicted octanol–water partition coefficient (Wildman–Crippen LogP) is 5.16. The maximum absolute atomic E-state index is 12.8. The van der Waals surface area contributed by atoms with Gasteiger partial charge in [-0.25, -0.2) is 9.59 Å². The number of piperidine rings is 1. The molecule has 2 fully saturated rings. The number of aryl methyl sites for hydroxylation is 2.